The Morgan fingerprint density at radius 1 is 1.03 bits per heavy atom. The van der Waals surface area contributed by atoms with Crippen LogP contribution in [0.1, 0.15) is 21.6 Å². The quantitative estimate of drug-likeness (QED) is 0.312. The fourth-order valence-electron chi connectivity index (χ4n) is 4.12. The Labute approximate surface area is 208 Å². The summed E-state index contributed by atoms with van der Waals surface area (Å²) >= 11 is 0. The van der Waals surface area contributed by atoms with Crippen LogP contribution in [0, 0.1) is 6.92 Å². The number of aryl methyl sites for hydroxylation is 1. The summed E-state index contributed by atoms with van der Waals surface area (Å²) in [4.78, 5) is 29.2. The highest BCUT2D eigenvalue weighted by molar-refractivity contribution is 5.97. The topological polar surface area (TPSA) is 113 Å². The van der Waals surface area contributed by atoms with Gasteiger partial charge in [-0.15, -0.1) is 0 Å². The molecule has 0 aliphatic rings. The number of aromatic hydroxyl groups is 1. The van der Waals surface area contributed by atoms with Crippen LogP contribution in [0.4, 0.5) is 0 Å². The standard InChI is InChI=1S/C28H25N5O3/c1-17-5-3-12-29-22(17)11-14-30-27(35)19-7-9-23-24(16-19)33-26(32-23)21-15-18(8-10-25(21)34)20-6-4-13-31-28(20)36-2/h3-10,12-13,15-16,34H,11,14H2,1-2H3,(H,30,35)(H,32,33). The van der Waals surface area contributed by atoms with Gasteiger partial charge in [0.25, 0.3) is 5.91 Å². The number of pyridine rings is 2. The van der Waals surface area contributed by atoms with Crippen molar-refractivity contribution in [3.63, 3.8) is 0 Å². The predicted molar refractivity (Wildman–Crippen MR) is 138 cm³/mol. The maximum absolute atomic E-state index is 12.7. The number of rotatable bonds is 7. The molecule has 3 N–H and O–H groups in total. The monoisotopic (exact) mass is 479 g/mol. The Bertz CT molecular complexity index is 1560. The molecule has 0 fully saturated rings. The summed E-state index contributed by atoms with van der Waals surface area (Å²) in [6.07, 6.45) is 4.08. The van der Waals surface area contributed by atoms with Crippen molar-refractivity contribution in [1.29, 1.82) is 0 Å². The zero-order chi connectivity index (χ0) is 25.1. The van der Waals surface area contributed by atoms with Crippen LogP contribution in [0.3, 0.4) is 0 Å². The summed E-state index contributed by atoms with van der Waals surface area (Å²) in [7, 11) is 1.57. The Morgan fingerprint density at radius 3 is 2.69 bits per heavy atom. The van der Waals surface area contributed by atoms with Gasteiger partial charge in [-0.2, -0.15) is 0 Å². The van der Waals surface area contributed by atoms with Crippen molar-refractivity contribution >= 4 is 16.9 Å². The number of nitrogens with one attached hydrogen (secondary N) is 2. The van der Waals surface area contributed by atoms with Crippen molar-refractivity contribution in [2.45, 2.75) is 13.3 Å². The summed E-state index contributed by atoms with van der Waals surface area (Å²) < 4.78 is 5.38. The fourth-order valence-corrected chi connectivity index (χ4v) is 4.12. The first-order chi connectivity index (χ1) is 17.5. The van der Waals surface area contributed by atoms with Crippen LogP contribution >= 0.6 is 0 Å². The van der Waals surface area contributed by atoms with Crippen LogP contribution in [-0.2, 0) is 6.42 Å². The molecule has 0 aliphatic heterocycles. The summed E-state index contributed by atoms with van der Waals surface area (Å²) in [6, 6.07) is 18.2. The van der Waals surface area contributed by atoms with Gasteiger partial charge in [-0.3, -0.25) is 9.78 Å². The summed E-state index contributed by atoms with van der Waals surface area (Å²) in [5.41, 5.74) is 6.15. The van der Waals surface area contributed by atoms with E-state index in [1.807, 2.05) is 37.3 Å². The largest absolute Gasteiger partial charge is 0.507 e. The molecule has 5 rings (SSSR count). The first-order valence-electron chi connectivity index (χ1n) is 11.5. The lowest BCUT2D eigenvalue weighted by Crippen LogP contribution is -2.26. The highest BCUT2D eigenvalue weighted by Gasteiger charge is 2.15. The fraction of sp³-hybridized carbons (Fsp3) is 0.143. The lowest BCUT2D eigenvalue weighted by Gasteiger charge is -2.09. The van der Waals surface area contributed by atoms with E-state index in [1.54, 1.807) is 49.8 Å². The molecule has 8 nitrogen and oxygen atoms in total. The number of carbonyl (C=O) groups is 1. The molecule has 0 atom stereocenters. The van der Waals surface area contributed by atoms with Crippen LogP contribution in [0.2, 0.25) is 0 Å². The number of aromatic nitrogens is 4. The average molecular weight is 480 g/mol. The minimum atomic E-state index is -0.171. The first kappa shape index (κ1) is 23.0. The Balaban J connectivity index is 1.38. The molecule has 0 saturated carbocycles. The normalized spacial score (nSPS) is 10.9. The van der Waals surface area contributed by atoms with E-state index in [4.69, 9.17) is 4.74 Å². The number of carbonyl (C=O) groups excluding carboxylic acids is 1. The predicted octanol–water partition coefficient (Wildman–Crippen LogP) is 4.68. The highest BCUT2D eigenvalue weighted by Crippen LogP contribution is 2.35. The van der Waals surface area contributed by atoms with Crippen LogP contribution < -0.4 is 10.1 Å². The van der Waals surface area contributed by atoms with Crippen molar-refractivity contribution in [2.24, 2.45) is 0 Å². The summed E-state index contributed by atoms with van der Waals surface area (Å²) in [5, 5.41) is 13.5. The zero-order valence-corrected chi connectivity index (χ0v) is 19.9. The number of ether oxygens (including phenoxy) is 1. The molecule has 1 amide bonds. The van der Waals surface area contributed by atoms with Gasteiger partial charge in [-0.25, -0.2) is 9.97 Å². The van der Waals surface area contributed by atoms with Crippen LogP contribution in [0.5, 0.6) is 11.6 Å². The molecule has 5 aromatic rings. The Morgan fingerprint density at radius 2 is 1.86 bits per heavy atom. The molecular formula is C28H25N5O3. The third kappa shape index (κ3) is 4.61. The lowest BCUT2D eigenvalue weighted by molar-refractivity contribution is 0.0954. The van der Waals surface area contributed by atoms with Crippen LogP contribution in [0.15, 0.2) is 73.1 Å². The number of benzene rings is 2. The second-order valence-corrected chi connectivity index (χ2v) is 8.38. The van der Waals surface area contributed by atoms with Gasteiger partial charge in [0, 0.05) is 42.2 Å². The van der Waals surface area contributed by atoms with Crippen molar-refractivity contribution in [2.75, 3.05) is 13.7 Å². The van der Waals surface area contributed by atoms with Gasteiger partial charge in [-0.1, -0.05) is 12.1 Å². The Hall–Kier alpha value is -4.72. The van der Waals surface area contributed by atoms with Gasteiger partial charge in [0.15, 0.2) is 0 Å². The van der Waals surface area contributed by atoms with E-state index in [1.165, 1.54) is 0 Å². The van der Waals surface area contributed by atoms with E-state index in [0.29, 0.717) is 46.8 Å². The number of phenols is 1. The number of imidazole rings is 1. The number of amides is 1. The van der Waals surface area contributed by atoms with Crippen molar-refractivity contribution < 1.29 is 14.6 Å². The van der Waals surface area contributed by atoms with E-state index < -0.39 is 0 Å². The van der Waals surface area contributed by atoms with E-state index in [0.717, 1.165) is 22.4 Å². The number of fused-ring (bicyclic) bond motifs is 1. The molecule has 36 heavy (non-hydrogen) atoms. The van der Waals surface area contributed by atoms with Crippen LogP contribution in [-0.4, -0.2) is 44.6 Å². The number of aromatic amines is 1. The van der Waals surface area contributed by atoms with Gasteiger partial charge in [0.05, 0.1) is 23.7 Å². The maximum atomic E-state index is 12.7. The van der Waals surface area contributed by atoms with Gasteiger partial charge >= 0.3 is 0 Å². The highest BCUT2D eigenvalue weighted by atomic mass is 16.5. The molecule has 0 aliphatic carbocycles. The number of nitrogens with zero attached hydrogens (tertiary/aromatic N) is 3. The van der Waals surface area contributed by atoms with Crippen LogP contribution in [0.25, 0.3) is 33.5 Å². The molecule has 0 radical (unpaired) electrons. The van der Waals surface area contributed by atoms with Gasteiger partial charge in [0.2, 0.25) is 5.88 Å². The maximum Gasteiger partial charge on any atom is 0.251 e. The average Bonchev–Trinajstić information content (AvgIpc) is 3.33. The Kier molecular flexibility index (Phi) is 6.32. The second-order valence-electron chi connectivity index (χ2n) is 8.38. The molecular weight excluding hydrogens is 454 g/mol. The van der Waals surface area contributed by atoms with Crippen molar-refractivity contribution in [3.05, 3.63) is 89.9 Å². The second kappa shape index (κ2) is 9.87. The molecule has 2 aromatic carbocycles. The van der Waals surface area contributed by atoms with Crippen molar-refractivity contribution in [1.82, 2.24) is 25.3 Å². The van der Waals surface area contributed by atoms with Gasteiger partial charge in [0.1, 0.15) is 11.6 Å². The molecule has 0 bridgehead atoms. The number of hydrogen-bond donors (Lipinski definition) is 3. The number of H-pyrrole nitrogens is 1. The smallest absolute Gasteiger partial charge is 0.251 e. The molecule has 0 spiro atoms. The van der Waals surface area contributed by atoms with Gasteiger partial charge < -0.3 is 20.1 Å². The number of phenolic OH excluding ortho intramolecular Hbond substituents is 1. The SMILES string of the molecule is COc1ncccc1-c1ccc(O)c(-c2nc3ccc(C(=O)NCCc4ncccc4C)cc3[nH]2)c1. The third-order valence-electron chi connectivity index (χ3n) is 6.04. The number of hydrogen-bond acceptors (Lipinski definition) is 6. The molecule has 0 unspecified atom stereocenters. The summed E-state index contributed by atoms with van der Waals surface area (Å²) in [6.45, 7) is 2.50. The zero-order valence-electron chi connectivity index (χ0n) is 19.9. The molecule has 3 heterocycles. The number of methoxy groups -OCH3 is 1. The lowest BCUT2D eigenvalue weighted by atomic mass is 10.0. The molecule has 3 aromatic heterocycles. The summed E-state index contributed by atoms with van der Waals surface area (Å²) in [5.74, 6) is 0.904. The van der Waals surface area contributed by atoms with E-state index in [-0.39, 0.29) is 11.7 Å². The molecule has 180 valence electrons. The van der Waals surface area contributed by atoms with E-state index >= 15 is 0 Å². The molecule has 0 saturated heterocycles. The van der Waals surface area contributed by atoms with Crippen molar-refractivity contribution in [3.8, 4) is 34.1 Å². The molecule has 8 heteroatoms. The van der Waals surface area contributed by atoms with Gasteiger partial charge in [-0.05, 0) is 66.6 Å². The van der Waals surface area contributed by atoms with E-state index in [2.05, 4.69) is 25.3 Å². The first-order valence-corrected chi connectivity index (χ1v) is 11.5. The van der Waals surface area contributed by atoms with E-state index in [9.17, 15) is 9.90 Å². The minimum Gasteiger partial charge on any atom is -0.507 e. The minimum absolute atomic E-state index is 0.0865. The third-order valence-corrected chi connectivity index (χ3v) is 6.04.